The molecule has 0 bridgehead atoms. The lowest BCUT2D eigenvalue weighted by Crippen LogP contribution is -2.37. The maximum Gasteiger partial charge on any atom is 0.247 e. The van der Waals surface area contributed by atoms with E-state index >= 15 is 0 Å². The van der Waals surface area contributed by atoms with Crippen LogP contribution < -0.4 is 11.3 Å². The summed E-state index contributed by atoms with van der Waals surface area (Å²) in [7, 11) is 0. The minimum atomic E-state index is -0.131. The first-order chi connectivity index (χ1) is 7.69. The van der Waals surface area contributed by atoms with Crippen LogP contribution in [0.4, 0.5) is 0 Å². The lowest BCUT2D eigenvalue weighted by Gasteiger charge is -2.14. The van der Waals surface area contributed by atoms with Crippen LogP contribution in [-0.4, -0.2) is 11.2 Å². The zero-order valence-corrected chi connectivity index (χ0v) is 11.5. The Morgan fingerprint density at radius 2 is 2.25 bits per heavy atom. The Labute approximate surface area is 108 Å². The molecule has 16 heavy (non-hydrogen) atoms. The minimum absolute atomic E-state index is 0.123. The molecule has 88 valence electrons. The van der Waals surface area contributed by atoms with Gasteiger partial charge in [-0.2, -0.15) is 0 Å². The Balaban J connectivity index is 2.75. The number of hydrogen-bond acceptors (Lipinski definition) is 3. The van der Waals surface area contributed by atoms with Crippen LogP contribution in [0.3, 0.4) is 0 Å². The van der Waals surface area contributed by atoms with Crippen molar-refractivity contribution in [1.82, 2.24) is 5.43 Å². The molecule has 1 aromatic carbocycles. The standard InChI is InChI=1S/C11H15BrN2OS/c1-2-5-10(11(15)14-13)16-9-7-4-3-6-8(9)12/h3-4,6-7,10H,2,5,13H2,1H3,(H,14,15). The van der Waals surface area contributed by atoms with Crippen LogP contribution in [0.25, 0.3) is 0 Å². The summed E-state index contributed by atoms with van der Waals surface area (Å²) < 4.78 is 1.01. The third kappa shape index (κ3) is 3.81. The van der Waals surface area contributed by atoms with E-state index in [4.69, 9.17) is 5.84 Å². The Morgan fingerprint density at radius 3 is 2.81 bits per heavy atom. The third-order valence-corrected chi connectivity index (χ3v) is 4.39. The van der Waals surface area contributed by atoms with Crippen molar-refractivity contribution in [2.45, 2.75) is 29.9 Å². The maximum absolute atomic E-state index is 11.5. The lowest BCUT2D eigenvalue weighted by molar-refractivity contribution is -0.120. The van der Waals surface area contributed by atoms with Crippen LogP contribution in [-0.2, 0) is 4.79 Å². The second-order valence-electron chi connectivity index (χ2n) is 3.33. The van der Waals surface area contributed by atoms with E-state index in [1.807, 2.05) is 24.3 Å². The number of thioether (sulfide) groups is 1. The smallest absolute Gasteiger partial charge is 0.247 e. The number of hydrogen-bond donors (Lipinski definition) is 2. The third-order valence-electron chi connectivity index (χ3n) is 2.09. The predicted octanol–water partition coefficient (Wildman–Crippen LogP) is 2.70. The topological polar surface area (TPSA) is 55.1 Å². The van der Waals surface area contributed by atoms with E-state index in [0.717, 1.165) is 22.2 Å². The molecule has 5 heteroatoms. The first-order valence-electron chi connectivity index (χ1n) is 5.10. The second kappa shape index (κ2) is 6.93. The quantitative estimate of drug-likeness (QED) is 0.380. The van der Waals surface area contributed by atoms with Gasteiger partial charge in [0.05, 0.1) is 5.25 Å². The summed E-state index contributed by atoms with van der Waals surface area (Å²) in [5.41, 5.74) is 2.21. The first kappa shape index (κ1) is 13.5. The number of carbonyl (C=O) groups is 1. The Bertz CT molecular complexity index is 360. The molecule has 0 aromatic heterocycles. The lowest BCUT2D eigenvalue weighted by atomic mass is 10.2. The summed E-state index contributed by atoms with van der Waals surface area (Å²) in [5, 5.41) is -0.131. The monoisotopic (exact) mass is 302 g/mol. The zero-order chi connectivity index (χ0) is 12.0. The highest BCUT2D eigenvalue weighted by Gasteiger charge is 2.18. The van der Waals surface area contributed by atoms with E-state index in [2.05, 4.69) is 28.3 Å². The van der Waals surface area contributed by atoms with Crippen molar-refractivity contribution in [2.75, 3.05) is 0 Å². The zero-order valence-electron chi connectivity index (χ0n) is 9.07. The van der Waals surface area contributed by atoms with Gasteiger partial charge in [-0.05, 0) is 34.5 Å². The normalized spacial score (nSPS) is 12.2. The van der Waals surface area contributed by atoms with Gasteiger partial charge in [-0.25, -0.2) is 5.84 Å². The van der Waals surface area contributed by atoms with Crippen molar-refractivity contribution in [1.29, 1.82) is 0 Å². The van der Waals surface area contributed by atoms with Gasteiger partial charge in [0.15, 0.2) is 0 Å². The SMILES string of the molecule is CCCC(Sc1ccccc1Br)C(=O)NN. The molecule has 1 aromatic rings. The fraction of sp³-hybridized carbons (Fsp3) is 0.364. The van der Waals surface area contributed by atoms with Crippen LogP contribution in [0, 0.1) is 0 Å². The second-order valence-corrected chi connectivity index (χ2v) is 5.43. The van der Waals surface area contributed by atoms with Crippen LogP contribution in [0.1, 0.15) is 19.8 Å². The molecule has 0 spiro atoms. The summed E-state index contributed by atoms with van der Waals surface area (Å²) in [6.07, 6.45) is 1.77. The molecule has 0 saturated carbocycles. The number of nitrogens with two attached hydrogens (primary N) is 1. The van der Waals surface area contributed by atoms with Crippen molar-refractivity contribution in [3.63, 3.8) is 0 Å². The summed E-state index contributed by atoms with van der Waals surface area (Å²) in [5.74, 6) is 5.05. The van der Waals surface area contributed by atoms with Crippen LogP contribution in [0.5, 0.6) is 0 Å². The van der Waals surface area contributed by atoms with Gasteiger partial charge in [0, 0.05) is 9.37 Å². The molecule has 1 amide bonds. The maximum atomic E-state index is 11.5. The molecule has 0 aliphatic carbocycles. The van der Waals surface area contributed by atoms with Gasteiger partial charge < -0.3 is 0 Å². The highest BCUT2D eigenvalue weighted by Crippen LogP contribution is 2.32. The summed E-state index contributed by atoms with van der Waals surface area (Å²) >= 11 is 5.00. The summed E-state index contributed by atoms with van der Waals surface area (Å²) in [4.78, 5) is 12.6. The van der Waals surface area contributed by atoms with E-state index in [1.54, 1.807) is 0 Å². The van der Waals surface area contributed by atoms with Crippen LogP contribution >= 0.6 is 27.7 Å². The van der Waals surface area contributed by atoms with Gasteiger partial charge in [-0.1, -0.05) is 25.5 Å². The highest BCUT2D eigenvalue weighted by molar-refractivity contribution is 9.10. The molecule has 1 unspecified atom stereocenters. The van der Waals surface area contributed by atoms with E-state index in [-0.39, 0.29) is 11.2 Å². The van der Waals surface area contributed by atoms with E-state index in [9.17, 15) is 4.79 Å². The molecule has 0 saturated heterocycles. The molecule has 0 aliphatic heterocycles. The molecule has 3 N–H and O–H groups in total. The number of nitrogens with one attached hydrogen (secondary N) is 1. The minimum Gasteiger partial charge on any atom is -0.293 e. The van der Waals surface area contributed by atoms with Gasteiger partial charge >= 0.3 is 0 Å². The number of halogens is 1. The van der Waals surface area contributed by atoms with Crippen molar-refractivity contribution in [2.24, 2.45) is 5.84 Å². The van der Waals surface area contributed by atoms with Gasteiger partial charge in [0.25, 0.3) is 0 Å². The van der Waals surface area contributed by atoms with E-state index in [1.165, 1.54) is 11.8 Å². The van der Waals surface area contributed by atoms with Crippen molar-refractivity contribution in [3.8, 4) is 0 Å². The fourth-order valence-electron chi connectivity index (χ4n) is 1.29. The predicted molar refractivity (Wildman–Crippen MR) is 71.0 cm³/mol. The van der Waals surface area contributed by atoms with E-state index in [0.29, 0.717) is 0 Å². The summed E-state index contributed by atoms with van der Waals surface area (Å²) in [6.45, 7) is 2.05. The number of hydrazine groups is 1. The molecule has 0 radical (unpaired) electrons. The number of rotatable bonds is 5. The molecule has 0 aliphatic rings. The van der Waals surface area contributed by atoms with E-state index < -0.39 is 0 Å². The molecule has 3 nitrogen and oxygen atoms in total. The van der Waals surface area contributed by atoms with Gasteiger partial charge in [-0.15, -0.1) is 11.8 Å². The molecule has 1 rings (SSSR count). The van der Waals surface area contributed by atoms with Crippen LogP contribution in [0.15, 0.2) is 33.6 Å². The molecular formula is C11H15BrN2OS. The summed E-state index contributed by atoms with van der Waals surface area (Å²) in [6, 6.07) is 7.86. The van der Waals surface area contributed by atoms with Gasteiger partial charge in [0.1, 0.15) is 0 Å². The van der Waals surface area contributed by atoms with Gasteiger partial charge in [0.2, 0.25) is 5.91 Å². The van der Waals surface area contributed by atoms with Crippen molar-refractivity contribution >= 4 is 33.6 Å². The molecular weight excluding hydrogens is 288 g/mol. The molecule has 1 atom stereocenters. The number of carbonyl (C=O) groups excluding carboxylic acids is 1. The highest BCUT2D eigenvalue weighted by atomic mass is 79.9. The average molecular weight is 303 g/mol. The largest absolute Gasteiger partial charge is 0.293 e. The number of amides is 1. The van der Waals surface area contributed by atoms with Crippen molar-refractivity contribution < 1.29 is 4.79 Å². The Kier molecular flexibility index (Phi) is 5.87. The Morgan fingerprint density at radius 1 is 1.56 bits per heavy atom. The fourth-order valence-corrected chi connectivity index (χ4v) is 3.03. The Hall–Kier alpha value is -0.520. The average Bonchev–Trinajstić information content (AvgIpc) is 2.30. The van der Waals surface area contributed by atoms with Crippen LogP contribution in [0.2, 0.25) is 0 Å². The molecule has 0 fully saturated rings. The van der Waals surface area contributed by atoms with Crippen molar-refractivity contribution in [3.05, 3.63) is 28.7 Å². The van der Waals surface area contributed by atoms with Gasteiger partial charge in [-0.3, -0.25) is 10.2 Å². The number of benzene rings is 1. The first-order valence-corrected chi connectivity index (χ1v) is 6.78. The molecule has 0 heterocycles.